The van der Waals surface area contributed by atoms with Crippen molar-refractivity contribution in [2.24, 2.45) is 0 Å². The number of carbonyl (C=O) groups is 2. The van der Waals surface area contributed by atoms with Crippen LogP contribution in [0.5, 0.6) is 5.75 Å². The zero-order valence-corrected chi connectivity index (χ0v) is 18.1. The topological polar surface area (TPSA) is 89.1 Å². The van der Waals surface area contributed by atoms with Gasteiger partial charge in [-0.05, 0) is 49.8 Å². The summed E-state index contributed by atoms with van der Waals surface area (Å²) in [6.45, 7) is 4.52. The first kappa shape index (κ1) is 22.4. The molecule has 1 saturated heterocycles. The maximum absolute atomic E-state index is 13.2. The quantitative estimate of drug-likeness (QED) is 0.596. The zero-order chi connectivity index (χ0) is 21.5. The van der Waals surface area contributed by atoms with Gasteiger partial charge in [0.15, 0.2) is 0 Å². The number of methoxy groups -OCH3 is 2. The molecule has 0 spiro atoms. The maximum atomic E-state index is 13.2. The highest BCUT2D eigenvalue weighted by Crippen LogP contribution is 2.36. The molecule has 1 heterocycles. The lowest BCUT2D eigenvalue weighted by molar-refractivity contribution is -0.148. The second kappa shape index (κ2) is 10.6. The molecule has 8 heteroatoms. The number of hydrogen-bond donors (Lipinski definition) is 2. The van der Waals surface area contributed by atoms with E-state index in [9.17, 15) is 9.59 Å². The van der Waals surface area contributed by atoms with E-state index < -0.39 is 12.2 Å². The van der Waals surface area contributed by atoms with Crippen molar-refractivity contribution in [3.05, 3.63) is 29.3 Å². The Hall–Kier alpha value is -2.32. The summed E-state index contributed by atoms with van der Waals surface area (Å²) in [5, 5.41) is 5.94. The van der Waals surface area contributed by atoms with Gasteiger partial charge in [0, 0.05) is 25.7 Å². The average molecular weight is 420 g/mol. The number of rotatable bonds is 9. The number of amides is 2. The molecule has 1 aromatic carbocycles. The molecule has 2 amide bonds. The molecule has 0 radical (unpaired) electrons. The van der Waals surface area contributed by atoms with Crippen LogP contribution in [0.2, 0.25) is 0 Å². The number of hydrogen-bond acceptors (Lipinski definition) is 6. The van der Waals surface area contributed by atoms with Gasteiger partial charge in [-0.3, -0.25) is 4.79 Å². The first-order valence-corrected chi connectivity index (χ1v) is 10.7. The molecule has 30 heavy (non-hydrogen) atoms. The van der Waals surface area contributed by atoms with Crippen molar-refractivity contribution < 1.29 is 23.8 Å². The van der Waals surface area contributed by atoms with Crippen LogP contribution in [0.3, 0.4) is 0 Å². The molecule has 2 fully saturated rings. The number of nitrogens with zero attached hydrogens (tertiary/aromatic N) is 1. The Morgan fingerprint density at radius 1 is 1.33 bits per heavy atom. The van der Waals surface area contributed by atoms with E-state index in [1.165, 1.54) is 7.11 Å². The van der Waals surface area contributed by atoms with Gasteiger partial charge < -0.3 is 29.7 Å². The minimum atomic E-state index is -0.428. The molecule has 2 aliphatic rings. The fraction of sp³-hybridized carbons (Fsp3) is 0.636. The van der Waals surface area contributed by atoms with Gasteiger partial charge in [0.1, 0.15) is 11.9 Å². The Kier molecular flexibility index (Phi) is 7.93. The zero-order valence-electron chi connectivity index (χ0n) is 18.1. The van der Waals surface area contributed by atoms with Crippen LogP contribution in [0.1, 0.15) is 43.4 Å². The molecule has 1 aliphatic heterocycles. The van der Waals surface area contributed by atoms with Gasteiger partial charge in [0.2, 0.25) is 0 Å². The number of nitrogens with one attached hydrogen (secondary N) is 2. The van der Waals surface area contributed by atoms with E-state index in [0.29, 0.717) is 19.7 Å². The largest absolute Gasteiger partial charge is 0.496 e. The predicted molar refractivity (Wildman–Crippen MR) is 113 cm³/mol. The number of aryl methyl sites for hydroxylation is 1. The Balaban J connectivity index is 1.70. The van der Waals surface area contributed by atoms with Crippen LogP contribution >= 0.6 is 0 Å². The third kappa shape index (κ3) is 5.64. The van der Waals surface area contributed by atoms with Crippen molar-refractivity contribution in [2.75, 3.05) is 40.5 Å². The van der Waals surface area contributed by atoms with E-state index in [4.69, 9.17) is 9.47 Å². The van der Waals surface area contributed by atoms with Crippen LogP contribution in [0, 0.1) is 0 Å². The Morgan fingerprint density at radius 3 is 2.77 bits per heavy atom. The fourth-order valence-corrected chi connectivity index (χ4v) is 3.89. The SMILES string of the molecule is COC(=O)NCCCc1cc([C@@H](C)N(C(=O)[C@H]2CNCCO2)C2CC2)ccc1OC. The normalized spacial score (nSPS) is 19.6. The van der Waals surface area contributed by atoms with E-state index in [-0.39, 0.29) is 18.0 Å². The highest BCUT2D eigenvalue weighted by atomic mass is 16.5. The molecule has 0 unspecified atom stereocenters. The van der Waals surface area contributed by atoms with Crippen molar-refractivity contribution in [3.63, 3.8) is 0 Å². The summed E-state index contributed by atoms with van der Waals surface area (Å²) in [5.74, 6) is 0.880. The first-order valence-electron chi connectivity index (χ1n) is 10.7. The van der Waals surface area contributed by atoms with Crippen molar-refractivity contribution in [1.82, 2.24) is 15.5 Å². The standard InChI is InChI=1S/C22H33N3O5/c1-15(25(18-7-8-18)21(26)20-14-23-11-12-30-20)16-6-9-19(28-2)17(13-16)5-4-10-24-22(27)29-3/h6,9,13,15,18,20,23H,4-5,7-8,10-12,14H2,1-3H3,(H,24,27)/t15-,20-/m1/s1. The van der Waals surface area contributed by atoms with Crippen LogP contribution in [0.25, 0.3) is 0 Å². The summed E-state index contributed by atoms with van der Waals surface area (Å²) in [4.78, 5) is 26.4. The summed E-state index contributed by atoms with van der Waals surface area (Å²) in [7, 11) is 3.01. The van der Waals surface area contributed by atoms with Gasteiger partial charge in [-0.1, -0.05) is 12.1 Å². The predicted octanol–water partition coefficient (Wildman–Crippen LogP) is 2.02. The Labute approximate surface area is 178 Å². The molecule has 1 aromatic rings. The van der Waals surface area contributed by atoms with Crippen LogP contribution in [0.4, 0.5) is 4.79 Å². The van der Waals surface area contributed by atoms with E-state index in [0.717, 1.165) is 49.1 Å². The Bertz CT molecular complexity index is 731. The summed E-state index contributed by atoms with van der Waals surface area (Å²) in [6, 6.07) is 6.34. The molecular weight excluding hydrogens is 386 g/mol. The second-order valence-corrected chi connectivity index (χ2v) is 7.81. The average Bonchev–Trinajstić information content (AvgIpc) is 3.62. The smallest absolute Gasteiger partial charge is 0.406 e. The van der Waals surface area contributed by atoms with Crippen molar-refractivity contribution in [3.8, 4) is 5.75 Å². The van der Waals surface area contributed by atoms with Crippen LogP contribution in [0.15, 0.2) is 18.2 Å². The summed E-state index contributed by atoms with van der Waals surface area (Å²) >= 11 is 0. The summed E-state index contributed by atoms with van der Waals surface area (Å²) in [5.41, 5.74) is 2.14. The summed E-state index contributed by atoms with van der Waals surface area (Å²) < 4.78 is 15.8. The van der Waals surface area contributed by atoms with E-state index in [1.807, 2.05) is 17.0 Å². The van der Waals surface area contributed by atoms with Crippen LogP contribution in [-0.2, 0) is 20.7 Å². The lowest BCUT2D eigenvalue weighted by atomic mass is 9.99. The highest BCUT2D eigenvalue weighted by Gasteiger charge is 2.40. The molecule has 8 nitrogen and oxygen atoms in total. The van der Waals surface area contributed by atoms with E-state index in [2.05, 4.69) is 28.4 Å². The van der Waals surface area contributed by atoms with Gasteiger partial charge in [0.05, 0.1) is 26.9 Å². The fourth-order valence-electron chi connectivity index (χ4n) is 3.89. The minimum absolute atomic E-state index is 0.0478. The third-order valence-electron chi connectivity index (χ3n) is 5.68. The molecule has 0 bridgehead atoms. The molecule has 1 saturated carbocycles. The number of carbonyl (C=O) groups excluding carboxylic acids is 2. The number of benzene rings is 1. The monoisotopic (exact) mass is 419 g/mol. The van der Waals surface area contributed by atoms with Crippen molar-refractivity contribution >= 4 is 12.0 Å². The molecule has 166 valence electrons. The van der Waals surface area contributed by atoms with Gasteiger partial charge in [-0.2, -0.15) is 0 Å². The third-order valence-corrected chi connectivity index (χ3v) is 5.68. The lowest BCUT2D eigenvalue weighted by Crippen LogP contribution is -2.50. The Morgan fingerprint density at radius 2 is 2.13 bits per heavy atom. The lowest BCUT2D eigenvalue weighted by Gasteiger charge is -2.34. The molecule has 2 atom stereocenters. The molecule has 1 aliphatic carbocycles. The summed E-state index contributed by atoms with van der Waals surface area (Å²) in [6.07, 6.45) is 2.75. The maximum Gasteiger partial charge on any atom is 0.406 e. The second-order valence-electron chi connectivity index (χ2n) is 7.81. The number of ether oxygens (including phenoxy) is 3. The molecular formula is C22H33N3O5. The van der Waals surface area contributed by atoms with Gasteiger partial charge in [-0.25, -0.2) is 4.79 Å². The van der Waals surface area contributed by atoms with E-state index >= 15 is 0 Å². The van der Waals surface area contributed by atoms with Crippen molar-refractivity contribution in [1.29, 1.82) is 0 Å². The van der Waals surface area contributed by atoms with Crippen molar-refractivity contribution in [2.45, 2.75) is 50.8 Å². The molecule has 3 rings (SSSR count). The number of morpholine rings is 1. The highest BCUT2D eigenvalue weighted by molar-refractivity contribution is 5.82. The minimum Gasteiger partial charge on any atom is -0.496 e. The molecule has 2 N–H and O–H groups in total. The van der Waals surface area contributed by atoms with Gasteiger partial charge in [0.25, 0.3) is 5.91 Å². The van der Waals surface area contributed by atoms with Gasteiger partial charge >= 0.3 is 6.09 Å². The van der Waals surface area contributed by atoms with Crippen LogP contribution < -0.4 is 15.4 Å². The van der Waals surface area contributed by atoms with Gasteiger partial charge in [-0.15, -0.1) is 0 Å². The van der Waals surface area contributed by atoms with Crippen LogP contribution in [-0.4, -0.2) is 69.5 Å². The first-order chi connectivity index (χ1) is 14.5. The number of alkyl carbamates (subject to hydrolysis) is 1. The molecule has 0 aromatic heterocycles. The van der Waals surface area contributed by atoms with E-state index in [1.54, 1.807) is 7.11 Å².